The number of ether oxygens (including phenoxy) is 2. The molecule has 100 valence electrons. The normalized spacial score (nSPS) is 14.2. The molecule has 0 atom stereocenters. The standard InChI is InChI=1S/C13H13BrN2O2S/c1-7-16-11(13(15)19-7)8-5-9(14)12-10(6-8)17-3-2-4-18-12/h5-6H,2-4,15H2,1H3. The van der Waals surface area contributed by atoms with E-state index in [0.29, 0.717) is 13.2 Å². The summed E-state index contributed by atoms with van der Waals surface area (Å²) in [4.78, 5) is 4.47. The van der Waals surface area contributed by atoms with Gasteiger partial charge >= 0.3 is 0 Å². The van der Waals surface area contributed by atoms with Crippen molar-refractivity contribution in [3.8, 4) is 22.8 Å². The number of fused-ring (bicyclic) bond motifs is 1. The molecule has 0 aliphatic carbocycles. The summed E-state index contributed by atoms with van der Waals surface area (Å²) in [7, 11) is 0. The highest BCUT2D eigenvalue weighted by Gasteiger charge is 2.18. The lowest BCUT2D eigenvalue weighted by Crippen LogP contribution is -1.97. The number of nitrogens with zero attached hydrogens (tertiary/aromatic N) is 1. The maximum atomic E-state index is 6.00. The van der Waals surface area contributed by atoms with E-state index in [0.717, 1.165) is 43.7 Å². The number of rotatable bonds is 1. The van der Waals surface area contributed by atoms with Gasteiger partial charge in [-0.25, -0.2) is 4.98 Å². The molecule has 0 fully saturated rings. The third-order valence-electron chi connectivity index (χ3n) is 2.84. The van der Waals surface area contributed by atoms with E-state index < -0.39 is 0 Å². The Labute approximate surface area is 123 Å². The van der Waals surface area contributed by atoms with Gasteiger partial charge in [-0.15, -0.1) is 11.3 Å². The second-order valence-electron chi connectivity index (χ2n) is 4.28. The summed E-state index contributed by atoms with van der Waals surface area (Å²) in [5.41, 5.74) is 7.75. The summed E-state index contributed by atoms with van der Waals surface area (Å²) in [6.07, 6.45) is 0.883. The molecule has 2 N–H and O–H groups in total. The first-order valence-electron chi connectivity index (χ1n) is 5.97. The third-order valence-corrected chi connectivity index (χ3v) is 4.22. The van der Waals surface area contributed by atoms with Crippen molar-refractivity contribution >= 4 is 32.3 Å². The second kappa shape index (κ2) is 5.02. The Kier molecular flexibility index (Phi) is 3.36. The van der Waals surface area contributed by atoms with Gasteiger partial charge in [-0.2, -0.15) is 0 Å². The molecule has 0 amide bonds. The van der Waals surface area contributed by atoms with Gasteiger partial charge < -0.3 is 15.2 Å². The Morgan fingerprint density at radius 3 is 2.84 bits per heavy atom. The Morgan fingerprint density at radius 1 is 1.32 bits per heavy atom. The average molecular weight is 341 g/mol. The van der Waals surface area contributed by atoms with Crippen LogP contribution in [0.4, 0.5) is 5.00 Å². The number of benzene rings is 1. The molecular formula is C13H13BrN2O2S. The van der Waals surface area contributed by atoms with Gasteiger partial charge in [0.2, 0.25) is 0 Å². The van der Waals surface area contributed by atoms with Crippen LogP contribution in [0.3, 0.4) is 0 Å². The van der Waals surface area contributed by atoms with Crippen LogP contribution in [0.25, 0.3) is 11.3 Å². The van der Waals surface area contributed by atoms with Crippen LogP contribution in [0.1, 0.15) is 11.4 Å². The average Bonchev–Trinajstić information content (AvgIpc) is 2.59. The number of aryl methyl sites for hydroxylation is 1. The summed E-state index contributed by atoms with van der Waals surface area (Å²) < 4.78 is 12.3. The largest absolute Gasteiger partial charge is 0.489 e. The predicted molar refractivity (Wildman–Crippen MR) is 80.0 cm³/mol. The molecule has 1 aliphatic heterocycles. The molecule has 19 heavy (non-hydrogen) atoms. The monoisotopic (exact) mass is 340 g/mol. The zero-order valence-electron chi connectivity index (χ0n) is 10.4. The molecule has 0 saturated heterocycles. The van der Waals surface area contributed by atoms with Crippen molar-refractivity contribution in [3.63, 3.8) is 0 Å². The SMILES string of the molecule is Cc1nc(-c2cc(Br)c3c(c2)OCCCO3)c(N)s1. The van der Waals surface area contributed by atoms with Crippen molar-refractivity contribution in [3.05, 3.63) is 21.6 Å². The minimum atomic E-state index is 0.661. The number of hydrogen-bond donors (Lipinski definition) is 1. The quantitative estimate of drug-likeness (QED) is 0.861. The van der Waals surface area contributed by atoms with Crippen LogP contribution in [-0.2, 0) is 0 Å². The highest BCUT2D eigenvalue weighted by molar-refractivity contribution is 9.10. The van der Waals surface area contributed by atoms with E-state index in [2.05, 4.69) is 20.9 Å². The molecule has 4 nitrogen and oxygen atoms in total. The van der Waals surface area contributed by atoms with Gasteiger partial charge in [0.05, 0.1) is 22.7 Å². The topological polar surface area (TPSA) is 57.4 Å². The van der Waals surface area contributed by atoms with Crippen molar-refractivity contribution in [2.75, 3.05) is 18.9 Å². The van der Waals surface area contributed by atoms with E-state index in [9.17, 15) is 0 Å². The molecule has 1 aliphatic rings. The van der Waals surface area contributed by atoms with Crippen LogP contribution in [0.5, 0.6) is 11.5 Å². The fraction of sp³-hybridized carbons (Fsp3) is 0.308. The summed E-state index contributed by atoms with van der Waals surface area (Å²) >= 11 is 5.02. The van der Waals surface area contributed by atoms with Crippen LogP contribution in [0.2, 0.25) is 0 Å². The number of aromatic nitrogens is 1. The van der Waals surface area contributed by atoms with Crippen molar-refractivity contribution in [1.82, 2.24) is 4.98 Å². The Hall–Kier alpha value is -1.27. The molecule has 6 heteroatoms. The minimum Gasteiger partial charge on any atom is -0.489 e. The summed E-state index contributed by atoms with van der Waals surface area (Å²) in [5.74, 6) is 1.50. The minimum absolute atomic E-state index is 0.661. The molecule has 1 aromatic heterocycles. The molecule has 2 aromatic rings. The van der Waals surface area contributed by atoms with Crippen molar-refractivity contribution in [2.24, 2.45) is 0 Å². The van der Waals surface area contributed by atoms with E-state index in [1.165, 1.54) is 11.3 Å². The molecule has 1 aromatic carbocycles. The number of hydrogen-bond acceptors (Lipinski definition) is 5. The highest BCUT2D eigenvalue weighted by Crippen LogP contribution is 2.42. The zero-order chi connectivity index (χ0) is 13.4. The van der Waals surface area contributed by atoms with Gasteiger partial charge in [0.15, 0.2) is 11.5 Å². The molecular weight excluding hydrogens is 328 g/mol. The van der Waals surface area contributed by atoms with Crippen LogP contribution in [0, 0.1) is 6.92 Å². The van der Waals surface area contributed by atoms with Crippen molar-refractivity contribution in [2.45, 2.75) is 13.3 Å². The van der Waals surface area contributed by atoms with Crippen molar-refractivity contribution < 1.29 is 9.47 Å². The third kappa shape index (κ3) is 2.42. The molecule has 0 unspecified atom stereocenters. The Bertz CT molecular complexity index is 627. The van der Waals surface area contributed by atoms with Gasteiger partial charge in [-0.05, 0) is 35.0 Å². The number of halogens is 1. The molecule has 0 bridgehead atoms. The fourth-order valence-electron chi connectivity index (χ4n) is 2.02. The first-order chi connectivity index (χ1) is 9.15. The van der Waals surface area contributed by atoms with Gasteiger partial charge in [-0.1, -0.05) is 0 Å². The van der Waals surface area contributed by atoms with Crippen LogP contribution in [0.15, 0.2) is 16.6 Å². The van der Waals surface area contributed by atoms with Gasteiger partial charge in [0.25, 0.3) is 0 Å². The number of thiazole rings is 1. The van der Waals surface area contributed by atoms with Gasteiger partial charge in [0, 0.05) is 12.0 Å². The molecule has 3 rings (SSSR count). The Balaban J connectivity index is 2.11. The van der Waals surface area contributed by atoms with Crippen molar-refractivity contribution in [1.29, 1.82) is 0 Å². The summed E-state index contributed by atoms with van der Waals surface area (Å²) in [6, 6.07) is 3.91. The van der Waals surface area contributed by atoms with E-state index in [1.807, 2.05) is 19.1 Å². The maximum Gasteiger partial charge on any atom is 0.175 e. The summed E-state index contributed by atoms with van der Waals surface area (Å²) in [6.45, 7) is 3.28. The van der Waals surface area contributed by atoms with E-state index in [1.54, 1.807) is 0 Å². The molecule has 0 saturated carbocycles. The Morgan fingerprint density at radius 2 is 2.11 bits per heavy atom. The predicted octanol–water partition coefficient (Wildman–Crippen LogP) is 3.62. The fourth-order valence-corrected chi connectivity index (χ4v) is 3.29. The lowest BCUT2D eigenvalue weighted by Gasteiger charge is -2.11. The van der Waals surface area contributed by atoms with Crippen LogP contribution < -0.4 is 15.2 Å². The molecule has 0 spiro atoms. The van der Waals surface area contributed by atoms with Crippen LogP contribution >= 0.6 is 27.3 Å². The summed E-state index contributed by atoms with van der Waals surface area (Å²) in [5, 5.41) is 1.68. The lowest BCUT2D eigenvalue weighted by atomic mass is 10.1. The van der Waals surface area contributed by atoms with Crippen LogP contribution in [-0.4, -0.2) is 18.2 Å². The molecule has 0 radical (unpaired) electrons. The number of nitrogens with two attached hydrogens (primary N) is 1. The number of anilines is 1. The first-order valence-corrected chi connectivity index (χ1v) is 7.58. The second-order valence-corrected chi connectivity index (χ2v) is 6.37. The maximum absolute atomic E-state index is 6.00. The smallest absolute Gasteiger partial charge is 0.175 e. The first kappa shape index (κ1) is 12.7. The zero-order valence-corrected chi connectivity index (χ0v) is 12.8. The van der Waals surface area contributed by atoms with E-state index in [-0.39, 0.29) is 0 Å². The van der Waals surface area contributed by atoms with E-state index in [4.69, 9.17) is 15.2 Å². The lowest BCUT2D eigenvalue weighted by molar-refractivity contribution is 0.296. The van der Waals surface area contributed by atoms with E-state index >= 15 is 0 Å². The van der Waals surface area contributed by atoms with Gasteiger partial charge in [0.1, 0.15) is 10.7 Å². The number of nitrogen functional groups attached to an aromatic ring is 1. The molecule has 2 heterocycles. The van der Waals surface area contributed by atoms with Gasteiger partial charge in [-0.3, -0.25) is 0 Å². The highest BCUT2D eigenvalue weighted by atomic mass is 79.9.